The van der Waals surface area contributed by atoms with Crippen LogP contribution in [-0.4, -0.2) is 26.8 Å². The molecule has 3 aromatic rings. The second-order valence-corrected chi connectivity index (χ2v) is 6.86. The number of nitrogens with zero attached hydrogens (tertiary/aromatic N) is 3. The van der Waals surface area contributed by atoms with Crippen LogP contribution in [0.25, 0.3) is 0 Å². The van der Waals surface area contributed by atoms with Crippen LogP contribution in [0, 0.1) is 13.8 Å². The molecule has 0 fully saturated rings. The number of nitrogens with two attached hydrogens (primary N) is 1. The van der Waals surface area contributed by atoms with Crippen molar-refractivity contribution in [3.63, 3.8) is 0 Å². The number of nitrogen functional groups attached to an aromatic ring is 1. The minimum Gasteiger partial charge on any atom is -0.481 e. The molecule has 4 N–H and O–H groups in total. The number of hydrogen-bond acceptors (Lipinski definition) is 6. The van der Waals surface area contributed by atoms with Crippen LogP contribution in [0.4, 0.5) is 17.5 Å². The SMILES string of the molecule is CC(=O)O.Cc1cc(C)cc(C2=NCc3ccc(Nc4ccnc(N)n4)cc32)c1. The van der Waals surface area contributed by atoms with E-state index in [1.807, 2.05) is 6.07 Å². The maximum atomic E-state index is 9.00. The zero-order valence-electron chi connectivity index (χ0n) is 16.6. The Labute approximate surface area is 169 Å². The van der Waals surface area contributed by atoms with Gasteiger partial charge < -0.3 is 16.2 Å². The molecular weight excluding hydrogens is 366 g/mol. The zero-order chi connectivity index (χ0) is 21.0. The minimum atomic E-state index is -0.833. The van der Waals surface area contributed by atoms with Gasteiger partial charge in [-0.2, -0.15) is 4.98 Å². The molecule has 0 saturated heterocycles. The Morgan fingerprint density at radius 1 is 1.10 bits per heavy atom. The number of fused-ring (bicyclic) bond motifs is 1. The molecule has 2 heterocycles. The Morgan fingerprint density at radius 2 is 1.79 bits per heavy atom. The number of anilines is 3. The smallest absolute Gasteiger partial charge is 0.300 e. The average Bonchev–Trinajstić information content (AvgIpc) is 3.04. The Bertz CT molecular complexity index is 1070. The van der Waals surface area contributed by atoms with E-state index in [0.717, 1.165) is 30.4 Å². The molecule has 4 rings (SSSR count). The van der Waals surface area contributed by atoms with E-state index in [1.165, 1.54) is 22.3 Å². The highest BCUT2D eigenvalue weighted by molar-refractivity contribution is 6.15. The van der Waals surface area contributed by atoms with Crippen molar-refractivity contribution in [3.8, 4) is 0 Å². The maximum Gasteiger partial charge on any atom is 0.300 e. The van der Waals surface area contributed by atoms with Crippen LogP contribution in [0.2, 0.25) is 0 Å². The van der Waals surface area contributed by atoms with Crippen LogP contribution in [0.3, 0.4) is 0 Å². The van der Waals surface area contributed by atoms with Crippen molar-refractivity contribution in [3.05, 3.63) is 76.5 Å². The summed E-state index contributed by atoms with van der Waals surface area (Å²) in [4.78, 5) is 21.9. The van der Waals surface area contributed by atoms with Crippen LogP contribution in [0.5, 0.6) is 0 Å². The molecule has 7 nitrogen and oxygen atoms in total. The number of aromatic nitrogens is 2. The lowest BCUT2D eigenvalue weighted by molar-refractivity contribution is -0.134. The number of carboxylic acids is 1. The van der Waals surface area contributed by atoms with Gasteiger partial charge in [0.15, 0.2) is 0 Å². The van der Waals surface area contributed by atoms with E-state index in [4.69, 9.17) is 20.6 Å². The number of carbonyl (C=O) groups is 1. The van der Waals surface area contributed by atoms with Crippen molar-refractivity contribution < 1.29 is 9.90 Å². The van der Waals surface area contributed by atoms with Gasteiger partial charge in [-0.05, 0) is 49.7 Å². The molecule has 0 aliphatic carbocycles. The Kier molecular flexibility index (Phi) is 5.87. The summed E-state index contributed by atoms with van der Waals surface area (Å²) >= 11 is 0. The predicted octanol–water partition coefficient (Wildman–Crippen LogP) is 3.86. The lowest BCUT2D eigenvalue weighted by Crippen LogP contribution is -2.04. The molecule has 1 aromatic heterocycles. The number of benzene rings is 2. The molecule has 148 valence electrons. The molecule has 0 unspecified atom stereocenters. The number of hydrogen-bond donors (Lipinski definition) is 3. The van der Waals surface area contributed by atoms with Gasteiger partial charge in [-0.1, -0.05) is 23.3 Å². The lowest BCUT2D eigenvalue weighted by Gasteiger charge is -2.10. The minimum absolute atomic E-state index is 0.253. The summed E-state index contributed by atoms with van der Waals surface area (Å²) in [6, 6.07) is 14.6. The lowest BCUT2D eigenvalue weighted by atomic mass is 9.97. The van der Waals surface area contributed by atoms with Crippen molar-refractivity contribution in [1.82, 2.24) is 9.97 Å². The number of carboxylic acid groups (broad SMARTS) is 1. The van der Waals surface area contributed by atoms with E-state index in [0.29, 0.717) is 5.82 Å². The number of aliphatic carboxylic acids is 1. The standard InChI is InChI=1S/C20H19N5.C2H4O2/c1-12-7-13(2)9-15(8-12)19-17-10-16(4-3-14(17)11-23-19)24-18-5-6-22-20(21)25-18;1-2(3)4/h3-10H,11H2,1-2H3,(H3,21,22,24,25);1H3,(H,3,4). The highest BCUT2D eigenvalue weighted by Crippen LogP contribution is 2.28. The first-order chi connectivity index (χ1) is 13.8. The van der Waals surface area contributed by atoms with Gasteiger partial charge in [0.1, 0.15) is 5.82 Å². The molecular formula is C22H23N5O2. The fourth-order valence-corrected chi connectivity index (χ4v) is 3.21. The summed E-state index contributed by atoms with van der Waals surface area (Å²) in [5.74, 6) is 0.0963. The molecule has 2 aromatic carbocycles. The summed E-state index contributed by atoms with van der Waals surface area (Å²) in [6.07, 6.45) is 1.64. The normalized spacial score (nSPS) is 11.8. The fourth-order valence-electron chi connectivity index (χ4n) is 3.21. The second kappa shape index (κ2) is 8.52. The molecule has 0 saturated carbocycles. The zero-order valence-corrected chi connectivity index (χ0v) is 16.6. The van der Waals surface area contributed by atoms with Gasteiger partial charge in [0.2, 0.25) is 5.95 Å². The second-order valence-electron chi connectivity index (χ2n) is 6.86. The number of aliphatic imine (C=N–C) groups is 1. The van der Waals surface area contributed by atoms with Crippen molar-refractivity contribution in [2.24, 2.45) is 4.99 Å². The number of nitrogens with one attached hydrogen (secondary N) is 1. The van der Waals surface area contributed by atoms with Crippen LogP contribution in [0.15, 0.2) is 53.7 Å². The molecule has 7 heteroatoms. The summed E-state index contributed by atoms with van der Waals surface area (Å²) < 4.78 is 0. The van der Waals surface area contributed by atoms with Gasteiger partial charge in [-0.3, -0.25) is 9.79 Å². The third kappa shape index (κ3) is 5.16. The van der Waals surface area contributed by atoms with Crippen molar-refractivity contribution in [2.45, 2.75) is 27.3 Å². The highest BCUT2D eigenvalue weighted by Gasteiger charge is 2.18. The van der Waals surface area contributed by atoms with Crippen molar-refractivity contribution in [2.75, 3.05) is 11.1 Å². The molecule has 0 spiro atoms. The summed E-state index contributed by atoms with van der Waals surface area (Å²) in [7, 11) is 0. The Hall–Kier alpha value is -3.74. The molecule has 0 amide bonds. The molecule has 0 atom stereocenters. The molecule has 1 aliphatic heterocycles. The predicted molar refractivity (Wildman–Crippen MR) is 115 cm³/mol. The van der Waals surface area contributed by atoms with Crippen LogP contribution in [-0.2, 0) is 11.3 Å². The summed E-state index contributed by atoms with van der Waals surface area (Å²) in [6.45, 7) is 6.03. The van der Waals surface area contributed by atoms with E-state index in [-0.39, 0.29) is 5.95 Å². The monoisotopic (exact) mass is 389 g/mol. The number of rotatable bonds is 3. The van der Waals surface area contributed by atoms with E-state index >= 15 is 0 Å². The fraction of sp³-hybridized carbons (Fsp3) is 0.182. The average molecular weight is 389 g/mol. The first-order valence-electron chi connectivity index (χ1n) is 9.13. The first-order valence-corrected chi connectivity index (χ1v) is 9.13. The van der Waals surface area contributed by atoms with Crippen LogP contribution < -0.4 is 11.1 Å². The van der Waals surface area contributed by atoms with Crippen molar-refractivity contribution in [1.29, 1.82) is 0 Å². The van der Waals surface area contributed by atoms with Gasteiger partial charge >= 0.3 is 0 Å². The van der Waals surface area contributed by atoms with Crippen molar-refractivity contribution >= 4 is 29.1 Å². The maximum absolute atomic E-state index is 9.00. The topological polar surface area (TPSA) is 113 Å². The van der Waals surface area contributed by atoms with Gasteiger partial charge in [0.05, 0.1) is 12.3 Å². The quantitative estimate of drug-likeness (QED) is 0.627. The van der Waals surface area contributed by atoms with Gasteiger partial charge in [0.25, 0.3) is 5.97 Å². The van der Waals surface area contributed by atoms with Crippen LogP contribution in [0.1, 0.15) is 34.7 Å². The van der Waals surface area contributed by atoms with Gasteiger partial charge in [-0.15, -0.1) is 0 Å². The van der Waals surface area contributed by atoms with Gasteiger partial charge in [-0.25, -0.2) is 4.98 Å². The first kappa shape index (κ1) is 20.0. The largest absolute Gasteiger partial charge is 0.481 e. The molecule has 1 aliphatic rings. The van der Waals surface area contributed by atoms with Gasteiger partial charge in [0, 0.05) is 29.9 Å². The van der Waals surface area contributed by atoms with E-state index in [2.05, 4.69) is 59.5 Å². The van der Waals surface area contributed by atoms with Crippen LogP contribution >= 0.6 is 0 Å². The third-order valence-electron chi connectivity index (χ3n) is 4.21. The van der Waals surface area contributed by atoms with E-state index < -0.39 is 5.97 Å². The summed E-state index contributed by atoms with van der Waals surface area (Å²) in [5, 5.41) is 10.7. The highest BCUT2D eigenvalue weighted by atomic mass is 16.4. The van der Waals surface area contributed by atoms with E-state index in [9.17, 15) is 0 Å². The molecule has 29 heavy (non-hydrogen) atoms. The van der Waals surface area contributed by atoms with E-state index in [1.54, 1.807) is 12.3 Å². The third-order valence-corrected chi connectivity index (χ3v) is 4.21. The Morgan fingerprint density at radius 3 is 2.45 bits per heavy atom. The number of aryl methyl sites for hydroxylation is 2. The molecule has 0 radical (unpaired) electrons. The molecule has 0 bridgehead atoms. The Balaban J connectivity index is 0.000000552. The summed E-state index contributed by atoms with van der Waals surface area (Å²) in [5.41, 5.74) is 13.7.